The van der Waals surface area contributed by atoms with Crippen molar-refractivity contribution in [2.24, 2.45) is 5.92 Å². The number of fused-ring (bicyclic) bond motifs is 1. The predicted octanol–water partition coefficient (Wildman–Crippen LogP) is 2.21. The largest absolute Gasteiger partial charge is 0.383 e. The van der Waals surface area contributed by atoms with E-state index in [1.54, 1.807) is 0 Å². The van der Waals surface area contributed by atoms with E-state index in [1.165, 1.54) is 0 Å². The number of hydrogen-bond acceptors (Lipinski definition) is 5. The van der Waals surface area contributed by atoms with E-state index in [4.69, 9.17) is 5.73 Å². The highest BCUT2D eigenvalue weighted by molar-refractivity contribution is 5.87. The van der Waals surface area contributed by atoms with Gasteiger partial charge in [0.15, 0.2) is 0 Å². The highest BCUT2D eigenvalue weighted by Gasteiger charge is 2.24. The summed E-state index contributed by atoms with van der Waals surface area (Å²) in [5.41, 5.74) is 6.96. The van der Waals surface area contributed by atoms with Gasteiger partial charge in [-0.05, 0) is 30.9 Å². The Morgan fingerprint density at radius 3 is 2.73 bits per heavy atom. The monoisotopic (exact) mass is 351 g/mol. The van der Waals surface area contributed by atoms with Crippen LogP contribution in [0.1, 0.15) is 25.1 Å². The second-order valence-corrected chi connectivity index (χ2v) is 7.17. The third-order valence-corrected chi connectivity index (χ3v) is 5.32. The van der Waals surface area contributed by atoms with Crippen molar-refractivity contribution in [3.63, 3.8) is 0 Å². The first-order valence-electron chi connectivity index (χ1n) is 9.37. The third-order valence-electron chi connectivity index (χ3n) is 5.32. The molecular weight excluding hydrogens is 326 g/mol. The van der Waals surface area contributed by atoms with Gasteiger partial charge in [0.25, 0.3) is 0 Å². The first-order chi connectivity index (χ1) is 12.7. The van der Waals surface area contributed by atoms with Gasteiger partial charge in [-0.15, -0.1) is 0 Å². The molecule has 1 aliphatic carbocycles. The van der Waals surface area contributed by atoms with E-state index in [1.807, 2.05) is 29.2 Å². The van der Waals surface area contributed by atoms with E-state index in [0.717, 1.165) is 55.7 Å². The maximum atomic E-state index is 12.4. The summed E-state index contributed by atoms with van der Waals surface area (Å²) in [4.78, 5) is 25.8. The topological polar surface area (TPSA) is 75.3 Å². The standard InChI is InChI=1S/C20H25N5O/c21-20-16-7-3-4-8-17(16)22-18(23-20)14-24-9-11-25(12-10-24)19(26)13-15-5-1-2-6-15/h1,3-5,7-8,15H,2,6,9-14H2,(H2,21,22,23). The second kappa shape index (κ2) is 7.41. The fourth-order valence-corrected chi connectivity index (χ4v) is 3.80. The predicted molar refractivity (Wildman–Crippen MR) is 102 cm³/mol. The molecule has 0 radical (unpaired) electrons. The molecule has 1 aliphatic heterocycles. The van der Waals surface area contributed by atoms with Crippen molar-refractivity contribution in [2.45, 2.75) is 25.8 Å². The maximum absolute atomic E-state index is 12.4. The van der Waals surface area contributed by atoms with Crippen LogP contribution in [0, 0.1) is 5.92 Å². The molecule has 6 nitrogen and oxygen atoms in total. The first-order valence-corrected chi connectivity index (χ1v) is 9.37. The molecule has 136 valence electrons. The van der Waals surface area contributed by atoms with Crippen LogP contribution < -0.4 is 5.73 Å². The highest BCUT2D eigenvalue weighted by Crippen LogP contribution is 2.22. The summed E-state index contributed by atoms with van der Waals surface area (Å²) < 4.78 is 0. The zero-order valence-electron chi connectivity index (χ0n) is 15.0. The van der Waals surface area contributed by atoms with Crippen molar-refractivity contribution in [1.82, 2.24) is 19.8 Å². The molecule has 26 heavy (non-hydrogen) atoms. The number of rotatable bonds is 4. The molecule has 1 amide bonds. The number of anilines is 1. The molecule has 2 heterocycles. The van der Waals surface area contributed by atoms with Crippen LogP contribution in [0.15, 0.2) is 36.4 Å². The van der Waals surface area contributed by atoms with E-state index in [9.17, 15) is 4.79 Å². The normalized spacial score (nSPS) is 20.8. The SMILES string of the molecule is Nc1nc(CN2CCN(C(=O)CC3C=CCC3)CC2)nc2ccccc12. The van der Waals surface area contributed by atoms with Crippen LogP contribution >= 0.6 is 0 Å². The number of piperazine rings is 1. The van der Waals surface area contributed by atoms with Crippen LogP contribution in [0.25, 0.3) is 10.9 Å². The van der Waals surface area contributed by atoms with Crippen molar-refractivity contribution in [1.29, 1.82) is 0 Å². The number of amides is 1. The summed E-state index contributed by atoms with van der Waals surface area (Å²) >= 11 is 0. The lowest BCUT2D eigenvalue weighted by Crippen LogP contribution is -2.48. The molecule has 2 N–H and O–H groups in total. The summed E-state index contributed by atoms with van der Waals surface area (Å²) in [7, 11) is 0. The summed E-state index contributed by atoms with van der Waals surface area (Å²) in [6, 6.07) is 7.81. The van der Waals surface area contributed by atoms with E-state index >= 15 is 0 Å². The van der Waals surface area contributed by atoms with Gasteiger partial charge in [-0.2, -0.15) is 0 Å². The number of nitrogen functional groups attached to an aromatic ring is 1. The fraction of sp³-hybridized carbons (Fsp3) is 0.450. The average molecular weight is 351 g/mol. The molecule has 1 aromatic heterocycles. The Bertz CT molecular complexity index is 826. The number of hydrogen-bond donors (Lipinski definition) is 1. The molecule has 4 rings (SSSR count). The molecule has 0 spiro atoms. The Hall–Kier alpha value is -2.47. The van der Waals surface area contributed by atoms with Crippen molar-refractivity contribution in [3.8, 4) is 0 Å². The molecule has 1 aromatic carbocycles. The van der Waals surface area contributed by atoms with Crippen molar-refractivity contribution in [2.75, 3.05) is 31.9 Å². The summed E-state index contributed by atoms with van der Waals surface area (Å²) in [6.45, 7) is 3.92. The van der Waals surface area contributed by atoms with Crippen LogP contribution in [-0.4, -0.2) is 51.9 Å². The van der Waals surface area contributed by atoms with Crippen LogP contribution in [-0.2, 0) is 11.3 Å². The average Bonchev–Trinajstić information content (AvgIpc) is 3.15. The molecule has 1 unspecified atom stereocenters. The number of benzene rings is 1. The fourth-order valence-electron chi connectivity index (χ4n) is 3.80. The number of nitrogens with zero attached hydrogens (tertiary/aromatic N) is 4. The lowest BCUT2D eigenvalue weighted by molar-refractivity contribution is -0.133. The molecule has 6 heteroatoms. The van der Waals surface area contributed by atoms with Gasteiger partial charge in [-0.1, -0.05) is 24.3 Å². The number of aromatic nitrogens is 2. The zero-order chi connectivity index (χ0) is 17.9. The maximum Gasteiger partial charge on any atom is 0.223 e. The number of para-hydroxylation sites is 1. The second-order valence-electron chi connectivity index (χ2n) is 7.17. The lowest BCUT2D eigenvalue weighted by Gasteiger charge is -2.34. The van der Waals surface area contributed by atoms with Crippen LogP contribution in [0.5, 0.6) is 0 Å². The van der Waals surface area contributed by atoms with Crippen LogP contribution in [0.4, 0.5) is 5.82 Å². The summed E-state index contributed by atoms with van der Waals surface area (Å²) in [5.74, 6) is 2.00. The Labute approximate surface area is 153 Å². The van der Waals surface area contributed by atoms with E-state index in [2.05, 4.69) is 27.0 Å². The molecule has 2 aliphatic rings. The van der Waals surface area contributed by atoms with Gasteiger partial charge < -0.3 is 10.6 Å². The van der Waals surface area contributed by atoms with Crippen molar-refractivity contribution in [3.05, 3.63) is 42.2 Å². The molecular formula is C20H25N5O. The molecule has 2 aromatic rings. The van der Waals surface area contributed by atoms with E-state index in [0.29, 0.717) is 24.7 Å². The Morgan fingerprint density at radius 1 is 1.15 bits per heavy atom. The lowest BCUT2D eigenvalue weighted by atomic mass is 10.0. The smallest absolute Gasteiger partial charge is 0.223 e. The molecule has 0 saturated carbocycles. The molecule has 0 bridgehead atoms. The number of nitrogens with two attached hydrogens (primary N) is 1. The van der Waals surface area contributed by atoms with Gasteiger partial charge in [0.1, 0.15) is 11.6 Å². The van der Waals surface area contributed by atoms with E-state index < -0.39 is 0 Å². The minimum absolute atomic E-state index is 0.285. The third kappa shape index (κ3) is 3.70. The minimum atomic E-state index is 0.285. The number of carbonyl (C=O) groups is 1. The quantitative estimate of drug-likeness (QED) is 0.855. The minimum Gasteiger partial charge on any atom is -0.383 e. The van der Waals surface area contributed by atoms with Crippen molar-refractivity contribution < 1.29 is 4.79 Å². The Kier molecular flexibility index (Phi) is 4.84. The number of carbonyl (C=O) groups excluding carboxylic acids is 1. The van der Waals surface area contributed by atoms with Crippen LogP contribution in [0.2, 0.25) is 0 Å². The van der Waals surface area contributed by atoms with Gasteiger partial charge in [-0.25, -0.2) is 9.97 Å². The van der Waals surface area contributed by atoms with Gasteiger partial charge in [0, 0.05) is 38.0 Å². The highest BCUT2D eigenvalue weighted by atomic mass is 16.2. The van der Waals surface area contributed by atoms with E-state index in [-0.39, 0.29) is 5.91 Å². The number of allylic oxidation sites excluding steroid dienone is 2. The van der Waals surface area contributed by atoms with Gasteiger partial charge in [0.05, 0.1) is 12.1 Å². The Morgan fingerprint density at radius 2 is 1.96 bits per heavy atom. The van der Waals surface area contributed by atoms with Gasteiger partial charge in [0.2, 0.25) is 5.91 Å². The van der Waals surface area contributed by atoms with Crippen molar-refractivity contribution >= 4 is 22.6 Å². The molecule has 1 fully saturated rings. The molecule has 1 saturated heterocycles. The zero-order valence-corrected chi connectivity index (χ0v) is 15.0. The summed E-state index contributed by atoms with van der Waals surface area (Å²) in [6.07, 6.45) is 7.26. The van der Waals surface area contributed by atoms with Crippen LogP contribution in [0.3, 0.4) is 0 Å². The van der Waals surface area contributed by atoms with Gasteiger partial charge in [-0.3, -0.25) is 9.69 Å². The Balaban J connectivity index is 1.33. The first kappa shape index (κ1) is 17.0. The molecule has 1 atom stereocenters. The van der Waals surface area contributed by atoms with Gasteiger partial charge >= 0.3 is 0 Å². The summed E-state index contributed by atoms with van der Waals surface area (Å²) in [5, 5.41) is 0.896.